The molecule has 1 aliphatic heterocycles. The Morgan fingerprint density at radius 3 is 2.59 bits per heavy atom. The molecule has 1 heterocycles. The minimum atomic E-state index is -0.573. The molecule has 1 saturated heterocycles. The fourth-order valence-electron chi connectivity index (χ4n) is 2.63. The molecule has 148 valence electrons. The van der Waals surface area contributed by atoms with Crippen molar-refractivity contribution in [1.82, 2.24) is 10.2 Å². The molecular weight excluding hydrogens is 350 g/mol. The van der Waals surface area contributed by atoms with Crippen molar-refractivity contribution in [2.24, 2.45) is 11.1 Å². The van der Waals surface area contributed by atoms with Crippen LogP contribution in [0.1, 0.15) is 26.3 Å². The van der Waals surface area contributed by atoms with Crippen molar-refractivity contribution in [3.05, 3.63) is 35.9 Å². The SMILES string of the molecule is CO/N=C1\CN(C(=O)OCc2ccccc2)CC1CNC(=O)OC(C)(C)C. The molecule has 8 heteroatoms. The van der Waals surface area contributed by atoms with Gasteiger partial charge >= 0.3 is 12.2 Å². The molecule has 8 nitrogen and oxygen atoms in total. The second-order valence-corrected chi connectivity index (χ2v) is 7.27. The Morgan fingerprint density at radius 1 is 1.26 bits per heavy atom. The highest BCUT2D eigenvalue weighted by Crippen LogP contribution is 2.16. The molecule has 1 aliphatic rings. The minimum absolute atomic E-state index is 0.165. The maximum absolute atomic E-state index is 12.3. The van der Waals surface area contributed by atoms with Gasteiger partial charge in [-0.15, -0.1) is 0 Å². The predicted molar refractivity (Wildman–Crippen MR) is 100 cm³/mol. The lowest BCUT2D eigenvalue weighted by molar-refractivity contribution is 0.0523. The Hall–Kier alpha value is -2.77. The molecule has 2 rings (SSSR count). The van der Waals surface area contributed by atoms with Crippen LogP contribution in [0.15, 0.2) is 35.5 Å². The van der Waals surface area contributed by atoms with Crippen molar-refractivity contribution in [2.45, 2.75) is 33.0 Å². The van der Waals surface area contributed by atoms with Crippen LogP contribution in [0.5, 0.6) is 0 Å². The van der Waals surface area contributed by atoms with Gasteiger partial charge in [0.2, 0.25) is 0 Å². The van der Waals surface area contributed by atoms with Gasteiger partial charge in [-0.3, -0.25) is 0 Å². The molecular formula is C19H27N3O5. The van der Waals surface area contributed by atoms with E-state index < -0.39 is 17.8 Å². The first-order valence-electron chi connectivity index (χ1n) is 8.81. The lowest BCUT2D eigenvalue weighted by Gasteiger charge is -2.20. The van der Waals surface area contributed by atoms with E-state index in [1.54, 1.807) is 25.7 Å². The van der Waals surface area contributed by atoms with Crippen molar-refractivity contribution in [2.75, 3.05) is 26.7 Å². The Labute approximate surface area is 159 Å². The second-order valence-electron chi connectivity index (χ2n) is 7.27. The van der Waals surface area contributed by atoms with Crippen molar-refractivity contribution >= 4 is 17.9 Å². The third-order valence-electron chi connectivity index (χ3n) is 3.83. The monoisotopic (exact) mass is 377 g/mol. The quantitative estimate of drug-likeness (QED) is 0.797. The van der Waals surface area contributed by atoms with Crippen LogP contribution in [-0.4, -0.2) is 55.1 Å². The molecule has 1 fully saturated rings. The number of hydrogen-bond acceptors (Lipinski definition) is 6. The normalized spacial score (nSPS) is 18.3. The van der Waals surface area contributed by atoms with Crippen molar-refractivity contribution < 1.29 is 23.9 Å². The summed E-state index contributed by atoms with van der Waals surface area (Å²) in [4.78, 5) is 30.6. The lowest BCUT2D eigenvalue weighted by Crippen LogP contribution is -2.37. The second kappa shape index (κ2) is 9.25. The summed E-state index contributed by atoms with van der Waals surface area (Å²) in [7, 11) is 1.45. The van der Waals surface area contributed by atoms with Crippen LogP contribution in [0, 0.1) is 5.92 Å². The van der Waals surface area contributed by atoms with Gasteiger partial charge in [-0.1, -0.05) is 35.5 Å². The largest absolute Gasteiger partial charge is 0.445 e. The number of carbonyl (C=O) groups excluding carboxylic acids is 2. The standard InChI is InChI=1S/C19H27N3O5/c1-19(2,3)27-17(23)20-10-15-11-22(12-16(15)21-25-4)18(24)26-13-14-8-6-5-7-9-14/h5-9,15H,10-13H2,1-4H3,(H,20,23)/b21-16+. The van der Waals surface area contributed by atoms with Gasteiger partial charge in [-0.05, 0) is 26.3 Å². The molecule has 0 aliphatic carbocycles. The molecule has 0 saturated carbocycles. The van der Waals surface area contributed by atoms with Gasteiger partial charge in [0.05, 0.1) is 12.3 Å². The molecule has 0 spiro atoms. The third-order valence-corrected chi connectivity index (χ3v) is 3.83. The van der Waals surface area contributed by atoms with Crippen LogP contribution in [0.3, 0.4) is 0 Å². The molecule has 1 N–H and O–H groups in total. The van der Waals surface area contributed by atoms with Gasteiger partial charge in [0.25, 0.3) is 0 Å². The summed E-state index contributed by atoms with van der Waals surface area (Å²) in [5.41, 5.74) is 1.01. The average Bonchev–Trinajstić information content (AvgIpc) is 3.01. The zero-order chi connectivity index (χ0) is 19.9. The Balaban J connectivity index is 1.88. The van der Waals surface area contributed by atoms with E-state index in [2.05, 4.69) is 10.5 Å². The van der Waals surface area contributed by atoms with Gasteiger partial charge < -0.3 is 24.5 Å². The van der Waals surface area contributed by atoms with E-state index in [4.69, 9.17) is 14.3 Å². The van der Waals surface area contributed by atoms with E-state index in [0.29, 0.717) is 25.3 Å². The number of oxime groups is 1. The summed E-state index contributed by atoms with van der Waals surface area (Å²) in [6.07, 6.45) is -0.938. The number of benzene rings is 1. The van der Waals surface area contributed by atoms with Crippen LogP contribution in [0.2, 0.25) is 0 Å². The molecule has 0 radical (unpaired) electrons. The van der Waals surface area contributed by atoms with E-state index >= 15 is 0 Å². The average molecular weight is 377 g/mol. The summed E-state index contributed by atoms with van der Waals surface area (Å²) in [6, 6.07) is 9.47. The van der Waals surface area contributed by atoms with E-state index in [0.717, 1.165) is 5.56 Å². The van der Waals surface area contributed by atoms with Crippen LogP contribution in [0.25, 0.3) is 0 Å². The van der Waals surface area contributed by atoms with E-state index in [9.17, 15) is 9.59 Å². The van der Waals surface area contributed by atoms with Crippen LogP contribution in [-0.2, 0) is 20.9 Å². The number of alkyl carbamates (subject to hydrolysis) is 1. The maximum Gasteiger partial charge on any atom is 0.410 e. The fraction of sp³-hybridized carbons (Fsp3) is 0.526. The number of amides is 2. The summed E-state index contributed by atoms with van der Waals surface area (Å²) in [5.74, 6) is -0.165. The molecule has 27 heavy (non-hydrogen) atoms. The summed E-state index contributed by atoms with van der Waals surface area (Å²) in [5, 5.41) is 6.69. The highest BCUT2D eigenvalue weighted by atomic mass is 16.6. The number of nitrogens with one attached hydrogen (secondary N) is 1. The number of carbonyl (C=O) groups is 2. The van der Waals surface area contributed by atoms with Crippen molar-refractivity contribution in [3.8, 4) is 0 Å². The first-order valence-corrected chi connectivity index (χ1v) is 8.81. The molecule has 1 atom stereocenters. The van der Waals surface area contributed by atoms with Gasteiger partial charge in [0.1, 0.15) is 19.3 Å². The summed E-state index contributed by atoms with van der Waals surface area (Å²) >= 11 is 0. The molecule has 1 unspecified atom stereocenters. The van der Waals surface area contributed by atoms with Crippen molar-refractivity contribution in [1.29, 1.82) is 0 Å². The lowest BCUT2D eigenvalue weighted by atomic mass is 10.1. The molecule has 1 aromatic rings. The molecule has 0 bridgehead atoms. The number of ether oxygens (including phenoxy) is 2. The smallest absolute Gasteiger partial charge is 0.410 e. The molecule has 1 aromatic carbocycles. The first kappa shape index (κ1) is 20.5. The topological polar surface area (TPSA) is 89.5 Å². The van der Waals surface area contributed by atoms with Gasteiger partial charge in [-0.25, -0.2) is 9.59 Å². The first-order chi connectivity index (χ1) is 12.8. The Morgan fingerprint density at radius 2 is 1.96 bits per heavy atom. The van der Waals surface area contributed by atoms with Crippen LogP contribution >= 0.6 is 0 Å². The minimum Gasteiger partial charge on any atom is -0.445 e. The predicted octanol–water partition coefficient (Wildman–Crippen LogP) is 2.78. The van der Waals surface area contributed by atoms with E-state index in [1.165, 1.54) is 7.11 Å². The fourth-order valence-corrected chi connectivity index (χ4v) is 2.63. The third kappa shape index (κ3) is 6.80. The molecule has 2 amide bonds. The van der Waals surface area contributed by atoms with Crippen LogP contribution < -0.4 is 5.32 Å². The van der Waals surface area contributed by atoms with Crippen LogP contribution in [0.4, 0.5) is 9.59 Å². The highest BCUT2D eigenvalue weighted by Gasteiger charge is 2.34. The number of hydrogen-bond donors (Lipinski definition) is 1. The summed E-state index contributed by atoms with van der Waals surface area (Å²) < 4.78 is 10.6. The highest BCUT2D eigenvalue weighted by molar-refractivity contribution is 5.94. The zero-order valence-electron chi connectivity index (χ0n) is 16.2. The Kier molecular flexibility index (Phi) is 7.04. The van der Waals surface area contributed by atoms with E-state index in [-0.39, 0.29) is 12.5 Å². The summed E-state index contributed by atoms with van der Waals surface area (Å²) in [6.45, 7) is 6.56. The number of nitrogens with zero attached hydrogens (tertiary/aromatic N) is 2. The van der Waals surface area contributed by atoms with Gasteiger partial charge in [0.15, 0.2) is 0 Å². The van der Waals surface area contributed by atoms with E-state index in [1.807, 2.05) is 30.3 Å². The number of likely N-dealkylation sites (tertiary alicyclic amines) is 1. The number of rotatable bonds is 5. The maximum atomic E-state index is 12.3. The van der Waals surface area contributed by atoms with Crippen molar-refractivity contribution in [3.63, 3.8) is 0 Å². The molecule has 0 aromatic heterocycles. The zero-order valence-corrected chi connectivity index (χ0v) is 16.2. The Bertz CT molecular complexity index is 670. The van der Waals surface area contributed by atoms with Gasteiger partial charge in [-0.2, -0.15) is 0 Å². The van der Waals surface area contributed by atoms with Gasteiger partial charge in [0, 0.05) is 19.0 Å².